The number of carbonyl (C=O) groups is 2. The van der Waals surface area contributed by atoms with E-state index in [0.29, 0.717) is 6.54 Å². The second kappa shape index (κ2) is 6.71. The van der Waals surface area contributed by atoms with E-state index in [2.05, 4.69) is 5.32 Å². The zero-order chi connectivity index (χ0) is 16.3. The van der Waals surface area contributed by atoms with E-state index < -0.39 is 6.61 Å². The van der Waals surface area contributed by atoms with E-state index in [1.165, 1.54) is 6.42 Å². The van der Waals surface area contributed by atoms with Crippen molar-refractivity contribution in [3.05, 3.63) is 35.4 Å². The molecule has 124 valence electrons. The normalized spacial score (nSPS) is 19.3. The Morgan fingerprint density at radius 2 is 1.91 bits per heavy atom. The molecule has 1 aromatic carbocycles. The molecule has 5 nitrogen and oxygen atoms in total. The zero-order valence-corrected chi connectivity index (χ0v) is 13.4. The van der Waals surface area contributed by atoms with Crippen LogP contribution in [0.25, 0.3) is 0 Å². The van der Waals surface area contributed by atoms with Gasteiger partial charge in [-0.1, -0.05) is 24.3 Å². The summed E-state index contributed by atoms with van der Waals surface area (Å²) in [6, 6.07) is 7.92. The van der Waals surface area contributed by atoms with Crippen LogP contribution in [0.4, 0.5) is 0 Å². The van der Waals surface area contributed by atoms with Crippen molar-refractivity contribution in [3.63, 3.8) is 0 Å². The standard InChI is InChI=1S/C18H24N2O3/c21-13-16(22)19-12-14-5-4-6-15(11-14)18(7-8-18)17(23)20-9-2-1-3-10-20/h4-6,11,21H,1-3,7-10,12-13H2,(H,19,22). The molecule has 2 N–H and O–H groups in total. The topological polar surface area (TPSA) is 69.6 Å². The van der Waals surface area contributed by atoms with E-state index in [1.807, 2.05) is 29.2 Å². The number of nitrogens with zero attached hydrogens (tertiary/aromatic N) is 1. The van der Waals surface area contributed by atoms with Crippen LogP contribution in [0.5, 0.6) is 0 Å². The highest BCUT2D eigenvalue weighted by molar-refractivity contribution is 5.91. The monoisotopic (exact) mass is 316 g/mol. The van der Waals surface area contributed by atoms with Crippen LogP contribution in [0.1, 0.15) is 43.2 Å². The highest BCUT2D eigenvalue weighted by atomic mass is 16.3. The lowest BCUT2D eigenvalue weighted by molar-refractivity contribution is -0.134. The van der Waals surface area contributed by atoms with Gasteiger partial charge in [-0.15, -0.1) is 0 Å². The minimum Gasteiger partial charge on any atom is -0.387 e. The first kappa shape index (κ1) is 16.0. The van der Waals surface area contributed by atoms with Gasteiger partial charge in [-0.2, -0.15) is 0 Å². The van der Waals surface area contributed by atoms with E-state index >= 15 is 0 Å². The average Bonchev–Trinajstić information content (AvgIpc) is 3.42. The summed E-state index contributed by atoms with van der Waals surface area (Å²) >= 11 is 0. The largest absolute Gasteiger partial charge is 0.387 e. The molecule has 3 rings (SSSR count). The highest BCUT2D eigenvalue weighted by Crippen LogP contribution is 2.50. The van der Waals surface area contributed by atoms with Gasteiger partial charge in [-0.25, -0.2) is 0 Å². The third-order valence-electron chi connectivity index (χ3n) is 4.92. The van der Waals surface area contributed by atoms with Crippen LogP contribution in [0.2, 0.25) is 0 Å². The molecule has 23 heavy (non-hydrogen) atoms. The van der Waals surface area contributed by atoms with Gasteiger partial charge in [0.25, 0.3) is 0 Å². The van der Waals surface area contributed by atoms with Gasteiger partial charge < -0.3 is 15.3 Å². The summed E-state index contributed by atoms with van der Waals surface area (Å²) in [7, 11) is 0. The van der Waals surface area contributed by atoms with Crippen molar-refractivity contribution >= 4 is 11.8 Å². The van der Waals surface area contributed by atoms with Crippen molar-refractivity contribution in [1.82, 2.24) is 10.2 Å². The average molecular weight is 316 g/mol. The van der Waals surface area contributed by atoms with E-state index in [1.54, 1.807) is 0 Å². The summed E-state index contributed by atoms with van der Waals surface area (Å²) in [4.78, 5) is 26.1. The predicted octanol–water partition coefficient (Wildman–Crippen LogP) is 1.34. The number of likely N-dealkylation sites (tertiary alicyclic amines) is 1. The molecule has 0 bridgehead atoms. The third kappa shape index (κ3) is 3.39. The maximum atomic E-state index is 12.9. The molecular weight excluding hydrogens is 292 g/mol. The maximum Gasteiger partial charge on any atom is 0.245 e. The molecule has 1 aliphatic carbocycles. The lowest BCUT2D eigenvalue weighted by Crippen LogP contribution is -2.42. The number of piperidine rings is 1. The lowest BCUT2D eigenvalue weighted by Gasteiger charge is -2.31. The molecule has 0 unspecified atom stereocenters. The summed E-state index contributed by atoms with van der Waals surface area (Å²) in [5.41, 5.74) is 1.68. The quantitative estimate of drug-likeness (QED) is 0.861. The maximum absolute atomic E-state index is 12.9. The first-order valence-corrected chi connectivity index (χ1v) is 8.42. The molecule has 1 heterocycles. The molecule has 2 fully saturated rings. The highest BCUT2D eigenvalue weighted by Gasteiger charge is 2.53. The van der Waals surface area contributed by atoms with E-state index in [-0.39, 0.29) is 17.2 Å². The first-order chi connectivity index (χ1) is 11.2. The number of aliphatic hydroxyl groups is 1. The Morgan fingerprint density at radius 1 is 1.17 bits per heavy atom. The minimum absolute atomic E-state index is 0.272. The Labute approximate surface area is 136 Å². The van der Waals surface area contributed by atoms with Gasteiger partial charge in [0, 0.05) is 19.6 Å². The fourth-order valence-electron chi connectivity index (χ4n) is 3.39. The molecule has 1 aliphatic heterocycles. The summed E-state index contributed by atoms with van der Waals surface area (Å²) in [6.07, 6.45) is 5.25. The molecule has 1 saturated carbocycles. The van der Waals surface area contributed by atoms with Gasteiger partial charge in [0.05, 0.1) is 5.41 Å². The van der Waals surface area contributed by atoms with Crippen molar-refractivity contribution in [2.45, 2.75) is 44.1 Å². The van der Waals surface area contributed by atoms with Gasteiger partial charge in [0.15, 0.2) is 0 Å². The van der Waals surface area contributed by atoms with Crippen LogP contribution >= 0.6 is 0 Å². The molecule has 1 aromatic rings. The molecule has 0 radical (unpaired) electrons. The number of carbonyl (C=O) groups excluding carboxylic acids is 2. The first-order valence-electron chi connectivity index (χ1n) is 8.42. The number of amides is 2. The van der Waals surface area contributed by atoms with Crippen LogP contribution in [0.15, 0.2) is 24.3 Å². The predicted molar refractivity (Wildman–Crippen MR) is 86.7 cm³/mol. The molecule has 0 atom stereocenters. The Morgan fingerprint density at radius 3 is 2.57 bits per heavy atom. The Bertz CT molecular complexity index is 590. The summed E-state index contributed by atoms with van der Waals surface area (Å²) in [6.45, 7) is 1.64. The van der Waals surface area contributed by atoms with Crippen molar-refractivity contribution in [1.29, 1.82) is 0 Å². The smallest absolute Gasteiger partial charge is 0.245 e. The van der Waals surface area contributed by atoms with Gasteiger partial charge in [-0.3, -0.25) is 9.59 Å². The molecular formula is C18H24N2O3. The number of aliphatic hydroxyl groups excluding tert-OH is 1. The van der Waals surface area contributed by atoms with E-state index in [0.717, 1.165) is 49.9 Å². The number of nitrogens with one attached hydrogen (secondary N) is 1. The summed E-state index contributed by atoms with van der Waals surface area (Å²) in [5.74, 6) is -0.116. The van der Waals surface area contributed by atoms with Crippen LogP contribution in [-0.2, 0) is 21.5 Å². The number of hydrogen-bond acceptors (Lipinski definition) is 3. The van der Waals surface area contributed by atoms with Gasteiger partial charge >= 0.3 is 0 Å². The van der Waals surface area contributed by atoms with Crippen molar-refractivity contribution in [3.8, 4) is 0 Å². The molecule has 2 aliphatic rings. The Balaban J connectivity index is 1.72. The van der Waals surface area contributed by atoms with Crippen LogP contribution < -0.4 is 5.32 Å². The van der Waals surface area contributed by atoms with E-state index in [9.17, 15) is 9.59 Å². The Hall–Kier alpha value is -1.88. The molecule has 0 spiro atoms. The molecule has 5 heteroatoms. The Kier molecular flexibility index (Phi) is 4.66. The molecule has 0 aromatic heterocycles. The van der Waals surface area contributed by atoms with E-state index in [4.69, 9.17) is 5.11 Å². The van der Waals surface area contributed by atoms with Gasteiger partial charge in [0.2, 0.25) is 11.8 Å². The SMILES string of the molecule is O=C(CO)NCc1cccc(C2(C(=O)N3CCCCC3)CC2)c1. The number of rotatable bonds is 5. The number of benzene rings is 1. The van der Waals surface area contributed by atoms with Crippen molar-refractivity contribution in [2.24, 2.45) is 0 Å². The zero-order valence-electron chi connectivity index (χ0n) is 13.4. The van der Waals surface area contributed by atoms with Crippen molar-refractivity contribution < 1.29 is 14.7 Å². The van der Waals surface area contributed by atoms with Crippen LogP contribution in [0.3, 0.4) is 0 Å². The van der Waals surface area contributed by atoms with Gasteiger partial charge in [0.1, 0.15) is 6.61 Å². The van der Waals surface area contributed by atoms with Crippen LogP contribution in [-0.4, -0.2) is 41.5 Å². The van der Waals surface area contributed by atoms with Crippen molar-refractivity contribution in [2.75, 3.05) is 19.7 Å². The fourth-order valence-corrected chi connectivity index (χ4v) is 3.39. The molecule has 2 amide bonds. The fraction of sp³-hybridized carbons (Fsp3) is 0.556. The van der Waals surface area contributed by atoms with Crippen LogP contribution in [0, 0.1) is 0 Å². The van der Waals surface area contributed by atoms with Gasteiger partial charge in [-0.05, 0) is 43.2 Å². The summed E-state index contributed by atoms with van der Waals surface area (Å²) in [5, 5.41) is 11.4. The summed E-state index contributed by atoms with van der Waals surface area (Å²) < 4.78 is 0. The lowest BCUT2D eigenvalue weighted by atomic mass is 9.92. The molecule has 1 saturated heterocycles. The third-order valence-corrected chi connectivity index (χ3v) is 4.92. The minimum atomic E-state index is -0.503. The number of hydrogen-bond donors (Lipinski definition) is 2. The second-order valence-corrected chi connectivity index (χ2v) is 6.57. The second-order valence-electron chi connectivity index (χ2n) is 6.57.